The van der Waals surface area contributed by atoms with E-state index in [1.165, 1.54) is 24.8 Å². The first kappa shape index (κ1) is 10.9. The van der Waals surface area contributed by atoms with E-state index in [1.54, 1.807) is 0 Å². The van der Waals surface area contributed by atoms with E-state index in [0.29, 0.717) is 9.74 Å². The summed E-state index contributed by atoms with van der Waals surface area (Å²) in [6, 6.07) is 10.8. The monoisotopic (exact) mass is 310 g/mol. The number of rotatable bonds is 2. The van der Waals surface area contributed by atoms with Crippen molar-refractivity contribution < 1.29 is 0 Å². The first-order valence-corrected chi connectivity index (χ1v) is 7.54. The fraction of sp³-hybridized carbons (Fsp3) is 0.600. The molecule has 0 radical (unpaired) electrons. The molecule has 0 nitrogen and oxygen atoms in total. The van der Waals surface area contributed by atoms with Crippen molar-refractivity contribution in [1.29, 1.82) is 0 Å². The molecule has 0 saturated heterocycles. The first-order valence-electron chi connectivity index (χ1n) is 6.37. The van der Waals surface area contributed by atoms with Gasteiger partial charge >= 0.3 is 0 Å². The van der Waals surface area contributed by atoms with Gasteiger partial charge in [-0.15, -0.1) is 11.6 Å². The lowest BCUT2D eigenvalue weighted by atomic mass is 9.41. The summed E-state index contributed by atoms with van der Waals surface area (Å²) in [6.07, 6.45) is 5.00. The van der Waals surface area contributed by atoms with Gasteiger partial charge in [0.25, 0.3) is 0 Å². The molecular formula is C15H16BrCl. The van der Waals surface area contributed by atoms with E-state index in [9.17, 15) is 0 Å². The molecule has 5 rings (SSSR count). The van der Waals surface area contributed by atoms with Gasteiger partial charge in [0.15, 0.2) is 0 Å². The highest BCUT2D eigenvalue weighted by atomic mass is 79.9. The summed E-state index contributed by atoms with van der Waals surface area (Å²) in [5, 5.41) is 0. The van der Waals surface area contributed by atoms with E-state index in [-0.39, 0.29) is 10.3 Å². The van der Waals surface area contributed by atoms with Crippen LogP contribution < -0.4 is 0 Å². The molecule has 1 aromatic rings. The minimum Gasteiger partial charge on any atom is -0.118 e. The molecule has 0 amide bonds. The Bertz CT molecular complexity index is 477. The molecule has 4 aliphatic carbocycles. The van der Waals surface area contributed by atoms with Crippen LogP contribution in [0.15, 0.2) is 30.3 Å². The van der Waals surface area contributed by atoms with Crippen LogP contribution in [0.5, 0.6) is 0 Å². The van der Waals surface area contributed by atoms with Gasteiger partial charge in [0, 0.05) is 9.74 Å². The standard InChI is InChI=1S/C15H16BrCl/c1-12(11-5-3-2-4-6-11)7-15(12,17)13-8-14(16,9-13)10-13/h2-6H,7-10H2,1H3/t12-,13?,14?,15+/m0/s1. The highest BCUT2D eigenvalue weighted by molar-refractivity contribution is 9.10. The number of hydrogen-bond donors (Lipinski definition) is 0. The maximum atomic E-state index is 7.01. The molecule has 0 aromatic heterocycles. The predicted octanol–water partition coefficient (Wildman–Crippen LogP) is 4.64. The molecule has 0 unspecified atom stereocenters. The quantitative estimate of drug-likeness (QED) is 0.698. The van der Waals surface area contributed by atoms with E-state index in [1.807, 2.05) is 0 Å². The Kier molecular flexibility index (Phi) is 1.77. The number of halogens is 2. The third kappa shape index (κ3) is 1.07. The minimum atomic E-state index is 0.0247. The number of alkyl halides is 2. The second kappa shape index (κ2) is 2.77. The maximum Gasteiger partial charge on any atom is 0.0607 e. The summed E-state index contributed by atoms with van der Waals surface area (Å²) in [5.41, 5.74) is 2.05. The highest BCUT2D eigenvalue weighted by Gasteiger charge is 2.84. The van der Waals surface area contributed by atoms with Crippen LogP contribution in [0.3, 0.4) is 0 Å². The van der Waals surface area contributed by atoms with Crippen molar-refractivity contribution in [2.45, 2.75) is 47.2 Å². The van der Waals surface area contributed by atoms with Gasteiger partial charge in [0.05, 0.1) is 4.87 Å². The molecule has 2 heteroatoms. The van der Waals surface area contributed by atoms with Crippen LogP contribution in [0.1, 0.15) is 38.2 Å². The number of hydrogen-bond acceptors (Lipinski definition) is 0. The Balaban J connectivity index is 1.67. The molecule has 4 aliphatic rings. The van der Waals surface area contributed by atoms with Crippen LogP contribution in [0.4, 0.5) is 0 Å². The van der Waals surface area contributed by atoms with Crippen molar-refractivity contribution in [2.75, 3.05) is 0 Å². The van der Waals surface area contributed by atoms with Crippen LogP contribution in [0.25, 0.3) is 0 Å². The van der Waals surface area contributed by atoms with Gasteiger partial charge in [-0.05, 0) is 36.7 Å². The van der Waals surface area contributed by atoms with Gasteiger partial charge in [0.2, 0.25) is 0 Å². The Morgan fingerprint density at radius 2 is 1.65 bits per heavy atom. The van der Waals surface area contributed by atoms with Crippen molar-refractivity contribution in [3.63, 3.8) is 0 Å². The second-order valence-electron chi connectivity index (χ2n) is 6.64. The number of benzene rings is 1. The average molecular weight is 312 g/mol. The molecule has 17 heavy (non-hydrogen) atoms. The molecule has 1 aromatic carbocycles. The minimum absolute atomic E-state index is 0.0247. The lowest BCUT2D eigenvalue weighted by molar-refractivity contribution is -0.0848. The molecule has 2 atom stereocenters. The second-order valence-corrected chi connectivity index (χ2v) is 8.97. The Morgan fingerprint density at radius 1 is 1.06 bits per heavy atom. The van der Waals surface area contributed by atoms with Gasteiger partial charge in [-0.3, -0.25) is 0 Å². The highest BCUT2D eigenvalue weighted by Crippen LogP contribution is 2.85. The van der Waals surface area contributed by atoms with E-state index < -0.39 is 0 Å². The van der Waals surface area contributed by atoms with Gasteiger partial charge in [0.1, 0.15) is 0 Å². The van der Waals surface area contributed by atoms with E-state index in [0.717, 1.165) is 6.42 Å². The summed E-state index contributed by atoms with van der Waals surface area (Å²) in [4.78, 5) is 0.0247. The van der Waals surface area contributed by atoms with Crippen molar-refractivity contribution >= 4 is 27.5 Å². The van der Waals surface area contributed by atoms with Gasteiger partial charge in [-0.1, -0.05) is 53.2 Å². The zero-order valence-corrected chi connectivity index (χ0v) is 12.3. The van der Waals surface area contributed by atoms with Gasteiger partial charge in [-0.2, -0.15) is 0 Å². The third-order valence-electron chi connectivity index (χ3n) is 5.56. The van der Waals surface area contributed by atoms with E-state index in [4.69, 9.17) is 11.6 Å². The first-order chi connectivity index (χ1) is 7.93. The molecule has 4 fully saturated rings. The lowest BCUT2D eigenvalue weighted by Gasteiger charge is -2.71. The summed E-state index contributed by atoms with van der Waals surface area (Å²) < 4.78 is 0.467. The normalized spacial score (nSPS) is 54.8. The van der Waals surface area contributed by atoms with Crippen molar-refractivity contribution in [1.82, 2.24) is 0 Å². The summed E-state index contributed by atoms with van der Waals surface area (Å²) in [5.74, 6) is 0. The fourth-order valence-electron chi connectivity index (χ4n) is 4.44. The van der Waals surface area contributed by atoms with Crippen LogP contribution in [0, 0.1) is 5.41 Å². The molecule has 0 heterocycles. The third-order valence-corrected chi connectivity index (χ3v) is 7.36. The smallest absolute Gasteiger partial charge is 0.0607 e. The predicted molar refractivity (Wildman–Crippen MR) is 74.9 cm³/mol. The average Bonchev–Trinajstić information content (AvgIpc) is 2.80. The van der Waals surface area contributed by atoms with E-state index >= 15 is 0 Å². The molecule has 0 N–H and O–H groups in total. The maximum absolute atomic E-state index is 7.01. The van der Waals surface area contributed by atoms with Crippen LogP contribution in [0.2, 0.25) is 0 Å². The largest absolute Gasteiger partial charge is 0.118 e. The molecule has 4 saturated carbocycles. The Labute approximate surface area is 116 Å². The summed E-state index contributed by atoms with van der Waals surface area (Å²) in [6.45, 7) is 2.34. The molecule has 2 bridgehead atoms. The Hall–Kier alpha value is -0.0100. The lowest BCUT2D eigenvalue weighted by Crippen LogP contribution is -2.69. The van der Waals surface area contributed by atoms with Crippen molar-refractivity contribution in [2.24, 2.45) is 5.41 Å². The van der Waals surface area contributed by atoms with E-state index in [2.05, 4.69) is 53.2 Å². The fourth-order valence-corrected chi connectivity index (χ4v) is 6.62. The zero-order chi connectivity index (χ0) is 11.9. The van der Waals surface area contributed by atoms with Crippen molar-refractivity contribution in [3.8, 4) is 0 Å². The summed E-state index contributed by atoms with van der Waals surface area (Å²) >= 11 is 10.8. The van der Waals surface area contributed by atoms with Gasteiger partial charge < -0.3 is 0 Å². The molecular weight excluding hydrogens is 296 g/mol. The summed E-state index contributed by atoms with van der Waals surface area (Å²) in [7, 11) is 0. The molecule has 0 spiro atoms. The molecule has 0 aliphatic heterocycles. The molecule has 90 valence electrons. The van der Waals surface area contributed by atoms with Crippen LogP contribution >= 0.6 is 27.5 Å². The Morgan fingerprint density at radius 3 is 2.18 bits per heavy atom. The SMILES string of the molecule is C[C@@]1(c2ccccc2)C[C@]1(Cl)C12CC(Br)(C1)C2. The van der Waals surface area contributed by atoms with Crippen LogP contribution in [-0.4, -0.2) is 9.20 Å². The van der Waals surface area contributed by atoms with Gasteiger partial charge in [-0.25, -0.2) is 0 Å². The van der Waals surface area contributed by atoms with Crippen molar-refractivity contribution in [3.05, 3.63) is 35.9 Å². The van der Waals surface area contributed by atoms with Crippen LogP contribution in [-0.2, 0) is 5.41 Å². The zero-order valence-electron chi connectivity index (χ0n) is 9.97. The topological polar surface area (TPSA) is 0 Å².